The van der Waals surface area contributed by atoms with Gasteiger partial charge in [0.2, 0.25) is 0 Å². The molecule has 0 amide bonds. The van der Waals surface area contributed by atoms with Crippen LogP contribution in [0.1, 0.15) is 30.5 Å². The van der Waals surface area contributed by atoms with E-state index in [1.807, 2.05) is 0 Å². The largest absolute Gasteiger partial charge is 0.416 e. The Morgan fingerprint density at radius 1 is 1.31 bits per heavy atom. The summed E-state index contributed by atoms with van der Waals surface area (Å²) in [4.78, 5) is 0. The molecule has 0 aliphatic rings. The second kappa shape index (κ2) is 5.50. The zero-order chi connectivity index (χ0) is 11.6. The normalized spacial score (nSPS) is 13.1. The predicted octanol–water partition coefficient (Wildman–Crippen LogP) is 3.68. The second-order valence-electron chi connectivity index (χ2n) is 3.24. The van der Waals surface area contributed by atoms with Gasteiger partial charge in [-0.25, -0.2) is 4.39 Å². The van der Waals surface area contributed by atoms with Crippen molar-refractivity contribution >= 4 is 12.4 Å². The van der Waals surface area contributed by atoms with Crippen LogP contribution in [0.2, 0.25) is 0 Å². The summed E-state index contributed by atoms with van der Waals surface area (Å²) in [5.41, 5.74) is 4.44. The summed E-state index contributed by atoms with van der Waals surface area (Å²) in [5.74, 6) is -0.707. The van der Waals surface area contributed by atoms with Crippen molar-refractivity contribution in [1.29, 1.82) is 0 Å². The van der Waals surface area contributed by atoms with E-state index in [0.29, 0.717) is 6.42 Å². The Hall–Kier alpha value is -0.810. The fourth-order valence-corrected chi connectivity index (χ4v) is 1.32. The van der Waals surface area contributed by atoms with Gasteiger partial charge < -0.3 is 5.73 Å². The number of hydrogen-bond donors (Lipinski definition) is 1. The van der Waals surface area contributed by atoms with Gasteiger partial charge in [-0.2, -0.15) is 13.2 Å². The molecule has 0 aromatic heterocycles. The molecule has 0 saturated carbocycles. The number of halogens is 5. The van der Waals surface area contributed by atoms with Gasteiger partial charge >= 0.3 is 6.18 Å². The van der Waals surface area contributed by atoms with Gasteiger partial charge in [-0.3, -0.25) is 0 Å². The van der Waals surface area contributed by atoms with Crippen LogP contribution in [0.4, 0.5) is 17.6 Å². The van der Waals surface area contributed by atoms with Gasteiger partial charge in [0.05, 0.1) is 5.56 Å². The Morgan fingerprint density at radius 2 is 1.88 bits per heavy atom. The molecule has 0 fully saturated rings. The third-order valence-electron chi connectivity index (χ3n) is 2.16. The van der Waals surface area contributed by atoms with Crippen LogP contribution in [-0.4, -0.2) is 0 Å². The number of benzene rings is 1. The lowest BCUT2D eigenvalue weighted by Gasteiger charge is -2.17. The molecule has 0 spiro atoms. The van der Waals surface area contributed by atoms with Crippen LogP contribution in [0.25, 0.3) is 0 Å². The summed E-state index contributed by atoms with van der Waals surface area (Å²) in [6.07, 6.45) is -4.16. The third-order valence-corrected chi connectivity index (χ3v) is 2.16. The number of hydrogen-bond acceptors (Lipinski definition) is 1. The monoisotopic (exact) mass is 257 g/mol. The minimum Gasteiger partial charge on any atom is -0.324 e. The molecule has 1 atom stereocenters. The van der Waals surface area contributed by atoms with Crippen LogP contribution in [0.3, 0.4) is 0 Å². The Morgan fingerprint density at radius 3 is 2.31 bits per heavy atom. The minimum atomic E-state index is -4.49. The molecule has 2 N–H and O–H groups in total. The average Bonchev–Trinajstić information content (AvgIpc) is 2.14. The summed E-state index contributed by atoms with van der Waals surface area (Å²) in [5, 5.41) is 0. The van der Waals surface area contributed by atoms with Crippen LogP contribution in [0.15, 0.2) is 18.2 Å². The molecule has 16 heavy (non-hydrogen) atoms. The molecule has 0 radical (unpaired) electrons. The Balaban J connectivity index is 0.00000225. The molecular formula is C10H12ClF4N. The summed E-state index contributed by atoms with van der Waals surface area (Å²) in [6, 6.07) is 1.56. The average molecular weight is 258 g/mol. The van der Waals surface area contributed by atoms with E-state index in [1.165, 1.54) is 0 Å². The molecule has 0 aliphatic carbocycles. The van der Waals surface area contributed by atoms with Crippen LogP contribution in [-0.2, 0) is 6.18 Å². The van der Waals surface area contributed by atoms with Gasteiger partial charge in [0.15, 0.2) is 0 Å². The number of rotatable bonds is 2. The predicted molar refractivity (Wildman–Crippen MR) is 55.9 cm³/mol. The molecular weight excluding hydrogens is 246 g/mol. The first-order valence-electron chi connectivity index (χ1n) is 4.48. The lowest BCUT2D eigenvalue weighted by molar-refractivity contribution is -0.138. The summed E-state index contributed by atoms with van der Waals surface area (Å²) >= 11 is 0. The van der Waals surface area contributed by atoms with Gasteiger partial charge in [-0.15, -0.1) is 12.4 Å². The molecule has 0 heterocycles. The maximum absolute atomic E-state index is 12.8. The lowest BCUT2D eigenvalue weighted by atomic mass is 9.98. The van der Waals surface area contributed by atoms with Crippen LogP contribution in [0, 0.1) is 5.82 Å². The first-order chi connectivity index (χ1) is 6.86. The van der Waals surface area contributed by atoms with E-state index in [2.05, 4.69) is 0 Å². The highest BCUT2D eigenvalue weighted by molar-refractivity contribution is 5.85. The Bertz CT molecular complexity index is 351. The van der Waals surface area contributed by atoms with Crippen LogP contribution < -0.4 is 5.73 Å². The highest BCUT2D eigenvalue weighted by atomic mass is 35.5. The third kappa shape index (κ3) is 3.35. The second-order valence-corrected chi connectivity index (χ2v) is 3.24. The highest BCUT2D eigenvalue weighted by Crippen LogP contribution is 2.35. The summed E-state index contributed by atoms with van der Waals surface area (Å²) < 4.78 is 50.3. The van der Waals surface area contributed by atoms with Crippen LogP contribution >= 0.6 is 12.4 Å². The van der Waals surface area contributed by atoms with Crippen molar-refractivity contribution in [1.82, 2.24) is 0 Å². The zero-order valence-electron chi connectivity index (χ0n) is 8.51. The fourth-order valence-electron chi connectivity index (χ4n) is 1.32. The number of alkyl halides is 3. The van der Waals surface area contributed by atoms with Crippen molar-refractivity contribution in [3.8, 4) is 0 Å². The van der Waals surface area contributed by atoms with Gasteiger partial charge in [0.25, 0.3) is 0 Å². The molecule has 0 aliphatic heterocycles. The van der Waals surface area contributed by atoms with Gasteiger partial charge in [0, 0.05) is 6.04 Å². The Kier molecular flexibility index (Phi) is 5.22. The first-order valence-corrected chi connectivity index (χ1v) is 4.48. The highest BCUT2D eigenvalue weighted by Gasteiger charge is 2.34. The number of nitrogens with two attached hydrogens (primary N) is 1. The Labute approximate surface area is 97.0 Å². The summed E-state index contributed by atoms with van der Waals surface area (Å²) in [6.45, 7) is 1.65. The van der Waals surface area contributed by atoms with Crippen molar-refractivity contribution in [2.75, 3.05) is 0 Å². The first kappa shape index (κ1) is 15.2. The van der Waals surface area contributed by atoms with Gasteiger partial charge in [-0.1, -0.05) is 6.92 Å². The van der Waals surface area contributed by atoms with Crippen molar-refractivity contribution in [2.45, 2.75) is 25.6 Å². The van der Waals surface area contributed by atoms with E-state index >= 15 is 0 Å². The standard InChI is InChI=1S/C10H11F4N.ClH/c1-2-9(15)7-5-6(11)3-4-8(7)10(12,13)14;/h3-5,9H,2,15H2,1H3;1H/t9-;/m0./s1. The topological polar surface area (TPSA) is 26.0 Å². The molecule has 0 bridgehead atoms. The van der Waals surface area contributed by atoms with Crippen LogP contribution in [0.5, 0.6) is 0 Å². The van der Waals surface area contributed by atoms with E-state index in [9.17, 15) is 17.6 Å². The maximum atomic E-state index is 12.8. The molecule has 1 aromatic rings. The molecule has 1 rings (SSSR count). The van der Waals surface area contributed by atoms with E-state index < -0.39 is 23.6 Å². The van der Waals surface area contributed by atoms with Gasteiger partial charge in [-0.05, 0) is 30.2 Å². The minimum absolute atomic E-state index is 0. The molecule has 0 unspecified atom stereocenters. The van der Waals surface area contributed by atoms with Crippen molar-refractivity contribution in [3.05, 3.63) is 35.1 Å². The van der Waals surface area contributed by atoms with Crippen molar-refractivity contribution < 1.29 is 17.6 Å². The van der Waals surface area contributed by atoms with E-state index in [1.54, 1.807) is 6.92 Å². The van der Waals surface area contributed by atoms with E-state index in [-0.39, 0.29) is 18.0 Å². The molecule has 6 heteroatoms. The SMILES string of the molecule is CC[C@H](N)c1cc(F)ccc1C(F)(F)F.Cl. The van der Waals surface area contributed by atoms with Gasteiger partial charge in [0.1, 0.15) is 5.82 Å². The molecule has 0 saturated heterocycles. The molecule has 1 nitrogen and oxygen atoms in total. The zero-order valence-corrected chi connectivity index (χ0v) is 9.33. The van der Waals surface area contributed by atoms with E-state index in [4.69, 9.17) is 5.73 Å². The molecule has 92 valence electrons. The molecule has 1 aromatic carbocycles. The van der Waals surface area contributed by atoms with E-state index in [0.717, 1.165) is 18.2 Å². The van der Waals surface area contributed by atoms with Crippen molar-refractivity contribution in [2.24, 2.45) is 5.73 Å². The summed E-state index contributed by atoms with van der Waals surface area (Å²) in [7, 11) is 0. The quantitative estimate of drug-likeness (QED) is 0.804. The smallest absolute Gasteiger partial charge is 0.324 e. The van der Waals surface area contributed by atoms with Crippen molar-refractivity contribution in [3.63, 3.8) is 0 Å². The maximum Gasteiger partial charge on any atom is 0.416 e. The fraction of sp³-hybridized carbons (Fsp3) is 0.400. The lowest BCUT2D eigenvalue weighted by Crippen LogP contribution is -2.17.